The summed E-state index contributed by atoms with van der Waals surface area (Å²) in [7, 11) is 0. The summed E-state index contributed by atoms with van der Waals surface area (Å²) in [6.07, 6.45) is -3.91. The van der Waals surface area contributed by atoms with E-state index < -0.39 is 65.1 Å². The summed E-state index contributed by atoms with van der Waals surface area (Å²) in [5, 5.41) is 19.8. The molecule has 10 nitrogen and oxygen atoms in total. The Labute approximate surface area is 198 Å². The lowest BCUT2D eigenvalue weighted by atomic mass is 10.2. The van der Waals surface area contributed by atoms with Crippen LogP contribution >= 0.6 is 0 Å². The molecule has 0 radical (unpaired) electrons. The van der Waals surface area contributed by atoms with E-state index in [4.69, 9.17) is 9.47 Å². The van der Waals surface area contributed by atoms with Gasteiger partial charge in [-0.3, -0.25) is 4.57 Å². The number of aliphatic hydroxyl groups is 1. The van der Waals surface area contributed by atoms with Crippen LogP contribution in [0.4, 0.5) is 22.0 Å². The Bertz CT molecular complexity index is 1500. The number of aryl methyl sites for hydroxylation is 1. The molecular weight excluding hydrogens is 495 g/mol. The fourth-order valence-electron chi connectivity index (χ4n) is 3.37. The van der Waals surface area contributed by atoms with Gasteiger partial charge in [-0.2, -0.15) is 27.9 Å². The van der Waals surface area contributed by atoms with Crippen LogP contribution in [-0.4, -0.2) is 47.4 Å². The number of hydrogen-bond acceptors (Lipinski definition) is 8. The van der Waals surface area contributed by atoms with Crippen LogP contribution in [-0.2, 0) is 13.2 Å². The number of alkyl halides is 3. The number of rotatable bonds is 7. The maximum atomic E-state index is 15.6. The highest BCUT2D eigenvalue weighted by atomic mass is 19.4. The van der Waals surface area contributed by atoms with Crippen molar-refractivity contribution in [3.05, 3.63) is 57.9 Å². The van der Waals surface area contributed by atoms with Gasteiger partial charge in [0.05, 0.1) is 11.6 Å². The lowest BCUT2D eigenvalue weighted by Crippen LogP contribution is -2.26. The minimum absolute atomic E-state index is 0.0648. The van der Waals surface area contributed by atoms with Crippen molar-refractivity contribution in [1.82, 2.24) is 29.5 Å². The van der Waals surface area contributed by atoms with Crippen LogP contribution in [0.3, 0.4) is 0 Å². The molecule has 0 bridgehead atoms. The maximum Gasteiger partial charge on any atom is 0.422 e. The molecule has 0 fully saturated rings. The number of halogens is 5. The molecule has 15 heteroatoms. The van der Waals surface area contributed by atoms with Crippen molar-refractivity contribution in [2.75, 3.05) is 6.61 Å². The Kier molecular flexibility index (Phi) is 6.58. The molecule has 0 saturated carbocycles. The normalized spacial score (nSPS) is 11.8. The SMILES string of the molecule is CCn1c(CO)nn(-c2nc(OCC(F)(F)F)c3c(Oc4ccc(F)cc4C)nncc3c2F)c1=O. The average Bonchev–Trinajstić information content (AvgIpc) is 3.15. The molecule has 0 unspecified atom stereocenters. The molecule has 0 saturated heterocycles. The summed E-state index contributed by atoms with van der Waals surface area (Å²) in [5.41, 5.74) is -0.584. The zero-order valence-corrected chi connectivity index (χ0v) is 18.7. The Hall–Kier alpha value is -4.14. The van der Waals surface area contributed by atoms with Crippen LogP contribution < -0.4 is 15.2 Å². The first kappa shape index (κ1) is 25.0. The topological polar surface area (TPSA) is 117 Å². The van der Waals surface area contributed by atoms with E-state index in [0.717, 1.165) is 22.9 Å². The minimum Gasteiger partial charge on any atom is -0.467 e. The number of benzene rings is 1. The monoisotopic (exact) mass is 512 g/mol. The van der Waals surface area contributed by atoms with E-state index in [2.05, 4.69) is 20.3 Å². The predicted molar refractivity (Wildman–Crippen MR) is 113 cm³/mol. The number of pyridine rings is 1. The van der Waals surface area contributed by atoms with Crippen LogP contribution in [0, 0.1) is 18.6 Å². The lowest BCUT2D eigenvalue weighted by molar-refractivity contribution is -0.153. The van der Waals surface area contributed by atoms with Gasteiger partial charge in [0.15, 0.2) is 24.1 Å². The van der Waals surface area contributed by atoms with E-state index in [1.165, 1.54) is 13.0 Å². The second kappa shape index (κ2) is 9.49. The number of aliphatic hydroxyl groups excluding tert-OH is 1. The Morgan fingerprint density at radius 1 is 1.17 bits per heavy atom. The van der Waals surface area contributed by atoms with Crippen LogP contribution in [0.5, 0.6) is 17.5 Å². The van der Waals surface area contributed by atoms with Gasteiger partial charge in [-0.15, -0.1) is 10.2 Å². The summed E-state index contributed by atoms with van der Waals surface area (Å²) < 4.78 is 80.0. The second-order valence-electron chi connectivity index (χ2n) is 7.42. The molecule has 4 aromatic rings. The highest BCUT2D eigenvalue weighted by Gasteiger charge is 2.31. The quantitative estimate of drug-likeness (QED) is 0.375. The van der Waals surface area contributed by atoms with E-state index in [9.17, 15) is 27.5 Å². The first-order chi connectivity index (χ1) is 17.0. The Morgan fingerprint density at radius 3 is 2.53 bits per heavy atom. The third-order valence-electron chi connectivity index (χ3n) is 4.99. The summed E-state index contributed by atoms with van der Waals surface area (Å²) in [5.74, 6) is -3.84. The molecule has 1 aromatic carbocycles. The molecule has 190 valence electrons. The second-order valence-corrected chi connectivity index (χ2v) is 7.42. The number of fused-ring (bicyclic) bond motifs is 1. The van der Waals surface area contributed by atoms with Gasteiger partial charge in [0.2, 0.25) is 5.88 Å². The molecule has 0 aliphatic carbocycles. The standard InChI is InChI=1S/C21H17F5N6O4/c1-3-31-14(8-33)30-32(20(31)34)17-16(23)12-7-27-29-19(36-13-5-4-11(22)6-10(13)2)15(12)18(28-17)35-9-21(24,25)26/h4-7,33H,3,8-9H2,1-2H3. The molecule has 0 aliphatic heterocycles. The first-order valence-corrected chi connectivity index (χ1v) is 10.3. The molecule has 0 spiro atoms. The van der Waals surface area contributed by atoms with Crippen molar-refractivity contribution in [1.29, 1.82) is 0 Å². The molecule has 1 N–H and O–H groups in total. The summed E-state index contributed by atoms with van der Waals surface area (Å²) in [6, 6.07) is 3.46. The largest absolute Gasteiger partial charge is 0.467 e. The summed E-state index contributed by atoms with van der Waals surface area (Å²) >= 11 is 0. The zero-order chi connectivity index (χ0) is 26.2. The van der Waals surface area contributed by atoms with E-state index >= 15 is 4.39 Å². The minimum atomic E-state index is -4.79. The van der Waals surface area contributed by atoms with Gasteiger partial charge < -0.3 is 14.6 Å². The third-order valence-corrected chi connectivity index (χ3v) is 4.99. The number of nitrogens with zero attached hydrogens (tertiary/aromatic N) is 6. The molecule has 36 heavy (non-hydrogen) atoms. The zero-order valence-electron chi connectivity index (χ0n) is 18.7. The van der Waals surface area contributed by atoms with Gasteiger partial charge in [-0.1, -0.05) is 0 Å². The fourth-order valence-corrected chi connectivity index (χ4v) is 3.37. The smallest absolute Gasteiger partial charge is 0.422 e. The number of hydrogen-bond donors (Lipinski definition) is 1. The van der Waals surface area contributed by atoms with Gasteiger partial charge in [-0.05, 0) is 37.6 Å². The third kappa shape index (κ3) is 4.68. The van der Waals surface area contributed by atoms with E-state index in [0.29, 0.717) is 10.2 Å². The van der Waals surface area contributed by atoms with Gasteiger partial charge in [-0.25, -0.2) is 13.6 Å². The molecule has 3 aromatic heterocycles. The van der Waals surface area contributed by atoms with Crippen molar-refractivity contribution in [3.8, 4) is 23.3 Å². The van der Waals surface area contributed by atoms with Gasteiger partial charge in [0.1, 0.15) is 23.6 Å². The van der Waals surface area contributed by atoms with Gasteiger partial charge >= 0.3 is 11.9 Å². The molecular formula is C21H17F5N6O4. The van der Waals surface area contributed by atoms with Crippen molar-refractivity contribution in [2.45, 2.75) is 33.2 Å². The van der Waals surface area contributed by atoms with Crippen LogP contribution in [0.2, 0.25) is 0 Å². The number of ether oxygens (including phenoxy) is 2. The lowest BCUT2D eigenvalue weighted by Gasteiger charge is -2.15. The van der Waals surface area contributed by atoms with Gasteiger partial charge in [0, 0.05) is 6.54 Å². The fraction of sp³-hybridized carbons (Fsp3) is 0.286. The van der Waals surface area contributed by atoms with E-state index in [-0.39, 0.29) is 18.1 Å². The van der Waals surface area contributed by atoms with Gasteiger partial charge in [0.25, 0.3) is 5.88 Å². The molecule has 0 amide bonds. The van der Waals surface area contributed by atoms with Crippen molar-refractivity contribution in [2.24, 2.45) is 0 Å². The Balaban J connectivity index is 1.96. The predicted octanol–water partition coefficient (Wildman–Crippen LogP) is 3.20. The van der Waals surface area contributed by atoms with Crippen molar-refractivity contribution < 1.29 is 36.5 Å². The number of aromatic nitrogens is 6. The maximum absolute atomic E-state index is 15.6. The van der Waals surface area contributed by atoms with E-state index in [1.54, 1.807) is 6.92 Å². The van der Waals surface area contributed by atoms with Crippen molar-refractivity contribution in [3.63, 3.8) is 0 Å². The first-order valence-electron chi connectivity index (χ1n) is 10.3. The average molecular weight is 512 g/mol. The highest BCUT2D eigenvalue weighted by molar-refractivity contribution is 5.92. The highest BCUT2D eigenvalue weighted by Crippen LogP contribution is 2.37. The summed E-state index contributed by atoms with van der Waals surface area (Å²) in [6.45, 7) is 0.679. The van der Waals surface area contributed by atoms with Crippen molar-refractivity contribution >= 4 is 10.8 Å². The summed E-state index contributed by atoms with van der Waals surface area (Å²) in [4.78, 5) is 16.5. The van der Waals surface area contributed by atoms with Crippen LogP contribution in [0.15, 0.2) is 29.2 Å². The molecule has 4 rings (SSSR count). The van der Waals surface area contributed by atoms with E-state index in [1.807, 2.05) is 0 Å². The molecule has 0 atom stereocenters. The molecule has 3 heterocycles. The molecule has 0 aliphatic rings. The van der Waals surface area contributed by atoms with Crippen LogP contribution in [0.25, 0.3) is 16.6 Å². The van der Waals surface area contributed by atoms with Crippen LogP contribution in [0.1, 0.15) is 18.3 Å². The Morgan fingerprint density at radius 2 is 1.92 bits per heavy atom.